The predicted molar refractivity (Wildman–Crippen MR) is 79.6 cm³/mol. The number of rotatable bonds is 6. The second-order valence-corrected chi connectivity index (χ2v) is 5.54. The van der Waals surface area contributed by atoms with E-state index in [0.29, 0.717) is 0 Å². The summed E-state index contributed by atoms with van der Waals surface area (Å²) in [6.45, 7) is 4.13. The van der Waals surface area contributed by atoms with Crippen LogP contribution in [0.2, 0.25) is 0 Å². The Bertz CT molecular complexity index is 425. The lowest BCUT2D eigenvalue weighted by atomic mass is 9.93. The number of piperidine rings is 1. The van der Waals surface area contributed by atoms with Gasteiger partial charge in [-0.3, -0.25) is 10.1 Å². The molecule has 0 saturated carbocycles. The minimum atomic E-state index is -0.355. The number of hydrogen-bond donors (Lipinski definition) is 1. The summed E-state index contributed by atoms with van der Waals surface area (Å²) in [7, 11) is 0. The van der Waals surface area contributed by atoms with Gasteiger partial charge in [0.05, 0.1) is 4.92 Å². The molecule has 2 N–H and O–H groups in total. The Kier molecular flexibility index (Phi) is 5.49. The highest BCUT2D eigenvalue weighted by molar-refractivity contribution is 5.32. The van der Waals surface area contributed by atoms with E-state index in [9.17, 15) is 10.1 Å². The van der Waals surface area contributed by atoms with Gasteiger partial charge in [-0.1, -0.05) is 12.1 Å². The van der Waals surface area contributed by atoms with Gasteiger partial charge in [-0.25, -0.2) is 0 Å². The first kappa shape index (κ1) is 14.9. The van der Waals surface area contributed by atoms with Gasteiger partial charge in [-0.15, -0.1) is 0 Å². The molecule has 1 aliphatic rings. The topological polar surface area (TPSA) is 72.4 Å². The van der Waals surface area contributed by atoms with Crippen molar-refractivity contribution in [3.05, 3.63) is 39.9 Å². The number of benzene rings is 1. The van der Waals surface area contributed by atoms with Gasteiger partial charge in [0.15, 0.2) is 0 Å². The third-order valence-electron chi connectivity index (χ3n) is 4.15. The van der Waals surface area contributed by atoms with Gasteiger partial charge < -0.3 is 10.6 Å². The van der Waals surface area contributed by atoms with Crippen molar-refractivity contribution in [2.45, 2.75) is 25.7 Å². The number of non-ortho nitro benzene ring substituents is 1. The smallest absolute Gasteiger partial charge is 0.269 e. The highest BCUT2D eigenvalue weighted by Gasteiger charge is 2.18. The maximum absolute atomic E-state index is 10.6. The first-order valence-electron chi connectivity index (χ1n) is 7.35. The molecule has 1 aliphatic heterocycles. The van der Waals surface area contributed by atoms with Gasteiger partial charge in [0.1, 0.15) is 0 Å². The molecule has 20 heavy (non-hydrogen) atoms. The molecule has 1 saturated heterocycles. The molecule has 0 unspecified atom stereocenters. The van der Waals surface area contributed by atoms with Crippen molar-refractivity contribution >= 4 is 5.69 Å². The quantitative estimate of drug-likeness (QED) is 0.639. The van der Waals surface area contributed by atoms with Crippen LogP contribution in [0.1, 0.15) is 24.8 Å². The largest absolute Gasteiger partial charge is 0.330 e. The standard InChI is InChI=1S/C15H23N3O2/c16-9-5-14-7-11-17(12-8-14)10-6-13-1-3-15(4-2-13)18(19)20/h1-4,14H,5-12,16H2. The first-order chi connectivity index (χ1) is 9.69. The average molecular weight is 277 g/mol. The molecule has 0 bridgehead atoms. The van der Waals surface area contributed by atoms with E-state index in [1.807, 2.05) is 12.1 Å². The van der Waals surface area contributed by atoms with Gasteiger partial charge in [0.2, 0.25) is 0 Å². The fraction of sp³-hybridized carbons (Fsp3) is 0.600. The zero-order chi connectivity index (χ0) is 14.4. The number of nitrogens with two attached hydrogens (primary N) is 1. The van der Waals surface area contributed by atoms with E-state index in [0.717, 1.165) is 44.9 Å². The molecule has 5 nitrogen and oxygen atoms in total. The Balaban J connectivity index is 1.74. The van der Waals surface area contributed by atoms with Crippen molar-refractivity contribution in [1.29, 1.82) is 0 Å². The highest BCUT2D eigenvalue weighted by atomic mass is 16.6. The molecular weight excluding hydrogens is 254 g/mol. The van der Waals surface area contributed by atoms with Crippen molar-refractivity contribution in [3.8, 4) is 0 Å². The summed E-state index contributed by atoms with van der Waals surface area (Å²) in [6.07, 6.45) is 4.60. The van der Waals surface area contributed by atoms with E-state index in [4.69, 9.17) is 5.73 Å². The van der Waals surface area contributed by atoms with Crippen molar-refractivity contribution in [1.82, 2.24) is 4.90 Å². The van der Waals surface area contributed by atoms with Crippen molar-refractivity contribution in [2.24, 2.45) is 11.7 Å². The van der Waals surface area contributed by atoms with Crippen molar-refractivity contribution in [2.75, 3.05) is 26.2 Å². The Labute approximate surface area is 119 Å². The number of nitrogens with zero attached hydrogens (tertiary/aromatic N) is 2. The molecule has 110 valence electrons. The van der Waals surface area contributed by atoms with Crippen LogP contribution in [-0.4, -0.2) is 36.0 Å². The molecule has 0 aromatic heterocycles. The monoisotopic (exact) mass is 277 g/mol. The van der Waals surface area contributed by atoms with Gasteiger partial charge in [0.25, 0.3) is 5.69 Å². The van der Waals surface area contributed by atoms with Crippen LogP contribution >= 0.6 is 0 Å². The van der Waals surface area contributed by atoms with E-state index in [1.165, 1.54) is 18.4 Å². The molecule has 1 aromatic carbocycles. The van der Waals surface area contributed by atoms with Gasteiger partial charge >= 0.3 is 0 Å². The molecular formula is C15H23N3O2. The molecule has 0 radical (unpaired) electrons. The average Bonchev–Trinajstić information content (AvgIpc) is 2.47. The molecule has 1 aromatic rings. The number of nitro groups is 1. The molecule has 0 aliphatic carbocycles. The Morgan fingerprint density at radius 1 is 1.25 bits per heavy atom. The van der Waals surface area contributed by atoms with Crippen LogP contribution in [0.25, 0.3) is 0 Å². The third kappa shape index (κ3) is 4.28. The highest BCUT2D eigenvalue weighted by Crippen LogP contribution is 2.20. The summed E-state index contributed by atoms with van der Waals surface area (Å²) in [5.74, 6) is 0.802. The molecule has 5 heteroatoms. The maximum atomic E-state index is 10.6. The van der Waals surface area contributed by atoms with Gasteiger partial charge in [-0.2, -0.15) is 0 Å². The number of hydrogen-bond acceptors (Lipinski definition) is 4. The Morgan fingerprint density at radius 3 is 2.45 bits per heavy atom. The Hall–Kier alpha value is -1.46. The molecule has 1 heterocycles. The molecule has 0 atom stereocenters. The third-order valence-corrected chi connectivity index (χ3v) is 4.15. The van der Waals surface area contributed by atoms with Crippen LogP contribution in [0.4, 0.5) is 5.69 Å². The van der Waals surface area contributed by atoms with Gasteiger partial charge in [-0.05, 0) is 56.8 Å². The summed E-state index contributed by atoms with van der Waals surface area (Å²) < 4.78 is 0. The van der Waals surface area contributed by atoms with Crippen LogP contribution in [0, 0.1) is 16.0 Å². The maximum Gasteiger partial charge on any atom is 0.269 e. The van der Waals surface area contributed by atoms with Crippen LogP contribution in [-0.2, 0) is 6.42 Å². The summed E-state index contributed by atoms with van der Waals surface area (Å²) in [4.78, 5) is 12.7. The molecule has 1 fully saturated rings. The number of likely N-dealkylation sites (tertiary alicyclic amines) is 1. The van der Waals surface area contributed by atoms with Gasteiger partial charge in [0, 0.05) is 18.7 Å². The normalized spacial score (nSPS) is 17.2. The van der Waals surface area contributed by atoms with E-state index < -0.39 is 0 Å². The first-order valence-corrected chi connectivity index (χ1v) is 7.35. The fourth-order valence-corrected chi connectivity index (χ4v) is 2.81. The zero-order valence-electron chi connectivity index (χ0n) is 11.8. The minimum Gasteiger partial charge on any atom is -0.330 e. The molecule has 0 spiro atoms. The summed E-state index contributed by atoms with van der Waals surface area (Å²) in [5.41, 5.74) is 6.93. The van der Waals surface area contributed by atoms with Crippen molar-refractivity contribution in [3.63, 3.8) is 0 Å². The zero-order valence-corrected chi connectivity index (χ0v) is 11.8. The molecule has 2 rings (SSSR count). The lowest BCUT2D eigenvalue weighted by molar-refractivity contribution is -0.384. The summed E-state index contributed by atoms with van der Waals surface area (Å²) in [6, 6.07) is 6.89. The van der Waals surface area contributed by atoms with Crippen LogP contribution in [0.15, 0.2) is 24.3 Å². The molecule has 0 amide bonds. The second-order valence-electron chi connectivity index (χ2n) is 5.54. The Morgan fingerprint density at radius 2 is 1.90 bits per heavy atom. The van der Waals surface area contributed by atoms with Crippen LogP contribution < -0.4 is 5.73 Å². The van der Waals surface area contributed by atoms with E-state index in [-0.39, 0.29) is 10.6 Å². The SMILES string of the molecule is NCCC1CCN(CCc2ccc([N+](=O)[O-])cc2)CC1. The van der Waals surface area contributed by atoms with E-state index >= 15 is 0 Å². The van der Waals surface area contributed by atoms with Crippen LogP contribution in [0.5, 0.6) is 0 Å². The fourth-order valence-electron chi connectivity index (χ4n) is 2.81. The second kappa shape index (κ2) is 7.36. The summed E-state index contributed by atoms with van der Waals surface area (Å²) >= 11 is 0. The van der Waals surface area contributed by atoms with Crippen LogP contribution in [0.3, 0.4) is 0 Å². The van der Waals surface area contributed by atoms with Crippen molar-refractivity contribution < 1.29 is 4.92 Å². The minimum absolute atomic E-state index is 0.163. The van der Waals surface area contributed by atoms with E-state index in [1.54, 1.807) is 12.1 Å². The lowest BCUT2D eigenvalue weighted by Gasteiger charge is -2.31. The summed E-state index contributed by atoms with van der Waals surface area (Å²) in [5, 5.41) is 10.6. The number of nitro benzene ring substituents is 1. The predicted octanol–water partition coefficient (Wildman–Crippen LogP) is 2.20. The lowest BCUT2D eigenvalue weighted by Crippen LogP contribution is -2.35. The van der Waals surface area contributed by atoms with E-state index in [2.05, 4.69) is 4.90 Å².